The predicted octanol–water partition coefficient (Wildman–Crippen LogP) is 2.56. The lowest BCUT2D eigenvalue weighted by Crippen LogP contribution is -2.47. The molecule has 8 heteroatoms. The summed E-state index contributed by atoms with van der Waals surface area (Å²) in [6, 6.07) is 12.9. The van der Waals surface area contributed by atoms with Crippen molar-refractivity contribution in [2.45, 2.75) is 6.04 Å². The van der Waals surface area contributed by atoms with Crippen LogP contribution in [0.3, 0.4) is 0 Å². The zero-order chi connectivity index (χ0) is 20.8. The van der Waals surface area contributed by atoms with Gasteiger partial charge in [0, 0.05) is 0 Å². The Balaban J connectivity index is 1.93. The van der Waals surface area contributed by atoms with E-state index in [1.54, 1.807) is 62.8 Å². The van der Waals surface area contributed by atoms with Crippen molar-refractivity contribution in [2.75, 3.05) is 27.9 Å². The molecule has 1 atom stereocenters. The van der Waals surface area contributed by atoms with E-state index in [2.05, 4.69) is 10.6 Å². The molecule has 8 nitrogen and oxygen atoms in total. The molecule has 0 aromatic heterocycles. The van der Waals surface area contributed by atoms with Crippen LogP contribution in [0.2, 0.25) is 0 Å². The van der Waals surface area contributed by atoms with Crippen LogP contribution in [0, 0.1) is 0 Å². The topological polar surface area (TPSA) is 95.1 Å². The van der Waals surface area contributed by atoms with E-state index in [1.807, 2.05) is 0 Å². The van der Waals surface area contributed by atoms with Crippen LogP contribution in [0.1, 0.15) is 11.6 Å². The first kappa shape index (κ1) is 20.1. The van der Waals surface area contributed by atoms with Crippen LogP contribution in [0.4, 0.5) is 4.79 Å². The number of amides is 2. The second-order valence-electron chi connectivity index (χ2n) is 6.16. The zero-order valence-corrected chi connectivity index (χ0v) is 16.4. The Labute approximate surface area is 168 Å². The third kappa shape index (κ3) is 4.60. The number of carbonyl (C=O) groups excluding carboxylic acids is 2. The summed E-state index contributed by atoms with van der Waals surface area (Å²) in [5.41, 5.74) is 1.26. The van der Waals surface area contributed by atoms with Crippen LogP contribution in [-0.2, 0) is 9.53 Å². The standard InChI is InChI=1S/C21H22N2O6/c1-26-14-7-9-15(10-8-14)29-12-17-18(20(24)28-3)19(23-21(25)22-17)13-5-4-6-16(11-13)27-2/h4-11,19H,12H2,1-3H3,(H2,22,23,25)/t19-/m0/s1. The number of ether oxygens (including phenoxy) is 4. The molecule has 0 saturated carbocycles. The summed E-state index contributed by atoms with van der Waals surface area (Å²) in [6.07, 6.45) is 0. The molecule has 0 bridgehead atoms. The van der Waals surface area contributed by atoms with Crippen molar-refractivity contribution < 1.29 is 28.5 Å². The molecule has 2 aromatic rings. The first-order valence-corrected chi connectivity index (χ1v) is 8.85. The third-order valence-corrected chi connectivity index (χ3v) is 4.43. The molecule has 0 radical (unpaired) electrons. The van der Waals surface area contributed by atoms with Gasteiger partial charge in [-0.2, -0.15) is 0 Å². The Hall–Kier alpha value is -3.68. The largest absolute Gasteiger partial charge is 0.497 e. The molecule has 3 rings (SSSR count). The number of rotatable bonds is 7. The molecule has 1 aliphatic heterocycles. The van der Waals surface area contributed by atoms with Crippen molar-refractivity contribution in [2.24, 2.45) is 0 Å². The Bertz CT molecular complexity index is 923. The van der Waals surface area contributed by atoms with Gasteiger partial charge in [0.05, 0.1) is 38.6 Å². The van der Waals surface area contributed by atoms with Gasteiger partial charge in [0.25, 0.3) is 0 Å². The quantitative estimate of drug-likeness (QED) is 0.696. The first-order valence-electron chi connectivity index (χ1n) is 8.85. The second kappa shape index (κ2) is 9.01. The van der Waals surface area contributed by atoms with Gasteiger partial charge in [-0.15, -0.1) is 0 Å². The molecule has 1 heterocycles. The van der Waals surface area contributed by atoms with Gasteiger partial charge in [-0.3, -0.25) is 0 Å². The molecular weight excluding hydrogens is 376 g/mol. The van der Waals surface area contributed by atoms with Crippen molar-refractivity contribution in [3.63, 3.8) is 0 Å². The highest BCUT2D eigenvalue weighted by Crippen LogP contribution is 2.30. The highest BCUT2D eigenvalue weighted by molar-refractivity contribution is 5.95. The van der Waals surface area contributed by atoms with Crippen LogP contribution >= 0.6 is 0 Å². The van der Waals surface area contributed by atoms with Crippen molar-refractivity contribution in [1.29, 1.82) is 0 Å². The fourth-order valence-corrected chi connectivity index (χ4v) is 2.98. The second-order valence-corrected chi connectivity index (χ2v) is 6.16. The van der Waals surface area contributed by atoms with E-state index < -0.39 is 18.0 Å². The summed E-state index contributed by atoms with van der Waals surface area (Å²) in [7, 11) is 4.41. The van der Waals surface area contributed by atoms with Gasteiger partial charge in [-0.25, -0.2) is 9.59 Å². The summed E-state index contributed by atoms with van der Waals surface area (Å²) in [6.45, 7) is -0.0232. The molecule has 2 aromatic carbocycles. The van der Waals surface area contributed by atoms with E-state index >= 15 is 0 Å². The number of urea groups is 1. The summed E-state index contributed by atoms with van der Waals surface area (Å²) in [5, 5.41) is 5.41. The molecule has 0 fully saturated rings. The van der Waals surface area contributed by atoms with E-state index in [9.17, 15) is 9.59 Å². The zero-order valence-electron chi connectivity index (χ0n) is 16.4. The summed E-state index contributed by atoms with van der Waals surface area (Å²) >= 11 is 0. The normalized spacial score (nSPS) is 15.8. The van der Waals surface area contributed by atoms with Crippen molar-refractivity contribution in [3.05, 3.63) is 65.4 Å². The SMILES string of the molecule is COC(=O)C1=C(COc2ccc(OC)cc2)NC(=O)N[C@H]1c1cccc(OC)c1. The van der Waals surface area contributed by atoms with Crippen LogP contribution in [0.25, 0.3) is 0 Å². The van der Waals surface area contributed by atoms with Gasteiger partial charge in [0.1, 0.15) is 23.9 Å². The van der Waals surface area contributed by atoms with Gasteiger partial charge in [0.2, 0.25) is 0 Å². The fourth-order valence-electron chi connectivity index (χ4n) is 2.98. The average molecular weight is 398 g/mol. The van der Waals surface area contributed by atoms with E-state index in [-0.39, 0.29) is 12.2 Å². The lowest BCUT2D eigenvalue weighted by molar-refractivity contribution is -0.136. The number of methoxy groups -OCH3 is 3. The Kier molecular flexibility index (Phi) is 6.23. The Morgan fingerprint density at radius 3 is 2.31 bits per heavy atom. The number of hydrogen-bond acceptors (Lipinski definition) is 6. The van der Waals surface area contributed by atoms with Crippen LogP contribution in [-0.4, -0.2) is 39.9 Å². The van der Waals surface area contributed by atoms with Crippen molar-refractivity contribution in [3.8, 4) is 17.2 Å². The molecule has 0 aliphatic carbocycles. The summed E-state index contributed by atoms with van der Waals surface area (Å²) in [4.78, 5) is 24.8. The molecule has 29 heavy (non-hydrogen) atoms. The maximum absolute atomic E-state index is 12.5. The minimum atomic E-state index is -0.708. The minimum Gasteiger partial charge on any atom is -0.497 e. The average Bonchev–Trinajstić information content (AvgIpc) is 2.77. The minimum absolute atomic E-state index is 0.0232. The molecular formula is C21H22N2O6. The third-order valence-electron chi connectivity index (χ3n) is 4.43. The highest BCUT2D eigenvalue weighted by atomic mass is 16.5. The maximum atomic E-state index is 12.5. The molecule has 2 N–H and O–H groups in total. The van der Waals surface area contributed by atoms with E-state index in [4.69, 9.17) is 18.9 Å². The van der Waals surface area contributed by atoms with Gasteiger partial charge in [-0.05, 0) is 42.0 Å². The lowest BCUT2D eigenvalue weighted by Gasteiger charge is -2.29. The fraction of sp³-hybridized carbons (Fsp3) is 0.238. The van der Waals surface area contributed by atoms with Gasteiger partial charge < -0.3 is 29.6 Å². The highest BCUT2D eigenvalue weighted by Gasteiger charge is 2.34. The van der Waals surface area contributed by atoms with E-state index in [0.717, 1.165) is 0 Å². The monoisotopic (exact) mass is 398 g/mol. The maximum Gasteiger partial charge on any atom is 0.338 e. The summed E-state index contributed by atoms with van der Waals surface area (Å²) < 4.78 is 21.1. The summed E-state index contributed by atoms with van der Waals surface area (Å²) in [5.74, 6) is 1.29. The van der Waals surface area contributed by atoms with Crippen LogP contribution < -0.4 is 24.8 Å². The van der Waals surface area contributed by atoms with Gasteiger partial charge in [0.15, 0.2) is 0 Å². The lowest BCUT2D eigenvalue weighted by atomic mass is 9.95. The molecule has 0 spiro atoms. The number of esters is 1. The van der Waals surface area contributed by atoms with Gasteiger partial charge >= 0.3 is 12.0 Å². The predicted molar refractivity (Wildman–Crippen MR) is 105 cm³/mol. The van der Waals surface area contributed by atoms with Crippen molar-refractivity contribution >= 4 is 12.0 Å². The first-order chi connectivity index (χ1) is 14.0. The van der Waals surface area contributed by atoms with Gasteiger partial charge in [-0.1, -0.05) is 12.1 Å². The molecule has 1 aliphatic rings. The molecule has 0 unspecified atom stereocenters. The van der Waals surface area contributed by atoms with E-state index in [1.165, 1.54) is 7.11 Å². The van der Waals surface area contributed by atoms with Crippen LogP contribution in [0.15, 0.2) is 59.8 Å². The van der Waals surface area contributed by atoms with E-state index in [0.29, 0.717) is 28.5 Å². The molecule has 2 amide bonds. The Morgan fingerprint density at radius 2 is 1.66 bits per heavy atom. The molecule has 0 saturated heterocycles. The number of benzene rings is 2. The Morgan fingerprint density at radius 1 is 0.966 bits per heavy atom. The number of carbonyl (C=O) groups is 2. The van der Waals surface area contributed by atoms with Crippen molar-refractivity contribution in [1.82, 2.24) is 10.6 Å². The smallest absolute Gasteiger partial charge is 0.338 e. The number of nitrogens with one attached hydrogen (secondary N) is 2. The number of hydrogen-bond donors (Lipinski definition) is 2. The molecule has 152 valence electrons. The van der Waals surface area contributed by atoms with Crippen LogP contribution in [0.5, 0.6) is 17.2 Å².